The smallest absolute Gasteiger partial charge is 0.259 e. The van der Waals surface area contributed by atoms with Gasteiger partial charge in [0.1, 0.15) is 17.0 Å². The van der Waals surface area contributed by atoms with Crippen LogP contribution in [0.3, 0.4) is 0 Å². The molecule has 2 aliphatic rings. The number of rotatable bonds is 5. The summed E-state index contributed by atoms with van der Waals surface area (Å²) in [5.74, 6) is 0.365. The van der Waals surface area contributed by atoms with Gasteiger partial charge in [-0.2, -0.15) is 0 Å². The fourth-order valence-electron chi connectivity index (χ4n) is 5.58. The van der Waals surface area contributed by atoms with Crippen molar-refractivity contribution >= 4 is 39.4 Å². The van der Waals surface area contributed by atoms with Crippen LogP contribution in [0.15, 0.2) is 41.2 Å². The number of carbonyl (C=O) groups excluding carboxylic acids is 1. The van der Waals surface area contributed by atoms with Crippen molar-refractivity contribution in [2.75, 3.05) is 44.2 Å². The van der Waals surface area contributed by atoms with Gasteiger partial charge < -0.3 is 24.8 Å². The van der Waals surface area contributed by atoms with Crippen molar-refractivity contribution in [3.63, 3.8) is 0 Å². The van der Waals surface area contributed by atoms with Gasteiger partial charge in [-0.05, 0) is 56.6 Å². The van der Waals surface area contributed by atoms with Crippen LogP contribution in [0.5, 0.6) is 0 Å². The molecular formula is C26H30N6O3. The molecule has 1 atom stereocenters. The van der Waals surface area contributed by atoms with Gasteiger partial charge in [0.25, 0.3) is 5.91 Å². The van der Waals surface area contributed by atoms with Crippen molar-refractivity contribution < 1.29 is 9.90 Å². The third-order valence-corrected chi connectivity index (χ3v) is 7.41. The van der Waals surface area contributed by atoms with Crippen LogP contribution in [0.25, 0.3) is 27.7 Å². The molecule has 6 rings (SSSR count). The summed E-state index contributed by atoms with van der Waals surface area (Å²) < 4.78 is 3.83. The molecule has 2 N–H and O–H groups in total. The number of nitrogens with zero attached hydrogens (tertiary/aromatic N) is 5. The van der Waals surface area contributed by atoms with Gasteiger partial charge in [0.05, 0.1) is 22.5 Å². The lowest BCUT2D eigenvalue weighted by Gasteiger charge is -2.18. The third kappa shape index (κ3) is 3.66. The lowest BCUT2D eigenvalue weighted by molar-refractivity contribution is 0.0950. The Morgan fingerprint density at radius 1 is 1.11 bits per heavy atom. The summed E-state index contributed by atoms with van der Waals surface area (Å²) >= 11 is 0. The van der Waals surface area contributed by atoms with Gasteiger partial charge >= 0.3 is 0 Å². The monoisotopic (exact) mass is 474 g/mol. The number of aliphatic hydroxyl groups is 1. The molecule has 9 heteroatoms. The minimum Gasteiger partial charge on any atom is -0.391 e. The van der Waals surface area contributed by atoms with Gasteiger partial charge in [-0.15, -0.1) is 0 Å². The maximum atomic E-state index is 13.7. The molecule has 0 saturated carbocycles. The number of benzene rings is 1. The summed E-state index contributed by atoms with van der Waals surface area (Å²) in [6, 6.07) is 11.4. The first-order chi connectivity index (χ1) is 17.0. The SMILES string of the molecule is Cn1c2ccccc2n2c3nc(N4CCC(O)C4)ccc3c(=O)c(C(=O)NCCN3CCCC3)c12. The van der Waals surface area contributed by atoms with E-state index in [1.807, 2.05) is 51.2 Å². The number of likely N-dealkylation sites (tertiary alicyclic amines) is 1. The molecule has 1 unspecified atom stereocenters. The van der Waals surface area contributed by atoms with E-state index in [1.54, 1.807) is 6.07 Å². The molecular weight excluding hydrogens is 444 g/mol. The number of aryl methyl sites for hydroxylation is 1. The second-order valence-corrected chi connectivity index (χ2v) is 9.64. The Morgan fingerprint density at radius 3 is 2.63 bits per heavy atom. The van der Waals surface area contributed by atoms with E-state index in [0.717, 1.165) is 36.5 Å². The molecule has 1 amide bonds. The molecule has 0 aliphatic carbocycles. The first kappa shape index (κ1) is 22.1. The van der Waals surface area contributed by atoms with E-state index < -0.39 is 0 Å². The van der Waals surface area contributed by atoms with E-state index in [1.165, 1.54) is 12.8 Å². The van der Waals surface area contributed by atoms with Gasteiger partial charge in [0, 0.05) is 33.2 Å². The lowest BCUT2D eigenvalue weighted by atomic mass is 10.1. The highest BCUT2D eigenvalue weighted by molar-refractivity contribution is 6.05. The van der Waals surface area contributed by atoms with Crippen LogP contribution in [-0.2, 0) is 7.05 Å². The van der Waals surface area contributed by atoms with E-state index in [0.29, 0.717) is 42.7 Å². The molecule has 0 radical (unpaired) electrons. The molecule has 3 aromatic heterocycles. The van der Waals surface area contributed by atoms with E-state index in [4.69, 9.17) is 4.98 Å². The van der Waals surface area contributed by atoms with Crippen LogP contribution in [-0.4, -0.2) is 75.2 Å². The average Bonchev–Trinajstić information content (AvgIpc) is 3.60. The topological polar surface area (TPSA) is 95.1 Å². The van der Waals surface area contributed by atoms with Crippen LogP contribution in [0.1, 0.15) is 29.6 Å². The number of aliphatic hydroxyl groups excluding tert-OH is 1. The Bertz CT molecular complexity index is 1500. The summed E-state index contributed by atoms with van der Waals surface area (Å²) in [6.45, 7) is 4.63. The van der Waals surface area contributed by atoms with Crippen LogP contribution < -0.4 is 15.6 Å². The van der Waals surface area contributed by atoms with Gasteiger partial charge in [-0.25, -0.2) is 4.98 Å². The molecule has 182 valence electrons. The molecule has 35 heavy (non-hydrogen) atoms. The number of nitrogens with one attached hydrogen (secondary N) is 1. The molecule has 2 fully saturated rings. The number of hydrogen-bond acceptors (Lipinski definition) is 6. The zero-order valence-corrected chi connectivity index (χ0v) is 19.9. The number of para-hydroxylation sites is 2. The number of imidazole rings is 1. The average molecular weight is 475 g/mol. The van der Waals surface area contributed by atoms with Crippen LogP contribution in [0, 0.1) is 0 Å². The number of amides is 1. The van der Waals surface area contributed by atoms with Gasteiger partial charge in [0.15, 0.2) is 5.65 Å². The molecule has 2 aliphatic heterocycles. The Kier molecular flexibility index (Phi) is 5.46. The van der Waals surface area contributed by atoms with Gasteiger partial charge in [0.2, 0.25) is 5.43 Å². The van der Waals surface area contributed by atoms with E-state index in [-0.39, 0.29) is 23.0 Å². The van der Waals surface area contributed by atoms with Crippen molar-refractivity contribution in [1.82, 2.24) is 24.2 Å². The van der Waals surface area contributed by atoms with Crippen molar-refractivity contribution in [2.45, 2.75) is 25.4 Å². The number of hydrogen-bond donors (Lipinski definition) is 2. The van der Waals surface area contributed by atoms with Crippen LogP contribution in [0.2, 0.25) is 0 Å². The second kappa shape index (κ2) is 8.66. The van der Waals surface area contributed by atoms with Crippen molar-refractivity contribution in [2.24, 2.45) is 7.05 Å². The maximum absolute atomic E-state index is 13.7. The zero-order valence-electron chi connectivity index (χ0n) is 19.9. The Hall–Kier alpha value is -3.43. The number of β-amino-alcohol motifs (C(OH)–C–C–N with tert-alkyl or cyclic N) is 1. The van der Waals surface area contributed by atoms with Gasteiger partial charge in [-0.3, -0.25) is 14.0 Å². The van der Waals surface area contributed by atoms with Crippen molar-refractivity contribution in [3.8, 4) is 0 Å². The highest BCUT2D eigenvalue weighted by atomic mass is 16.3. The normalized spacial score (nSPS) is 18.9. The Labute approximate surface area is 202 Å². The summed E-state index contributed by atoms with van der Waals surface area (Å²) in [5, 5.41) is 13.4. The summed E-state index contributed by atoms with van der Waals surface area (Å²) in [7, 11) is 1.88. The fraction of sp³-hybridized carbons (Fsp3) is 0.423. The molecule has 0 spiro atoms. The lowest BCUT2D eigenvalue weighted by Crippen LogP contribution is -2.36. The largest absolute Gasteiger partial charge is 0.391 e. The van der Waals surface area contributed by atoms with Crippen molar-refractivity contribution in [1.29, 1.82) is 0 Å². The molecule has 2 saturated heterocycles. The number of aromatic nitrogens is 3. The van der Waals surface area contributed by atoms with Gasteiger partial charge in [-0.1, -0.05) is 12.1 Å². The third-order valence-electron chi connectivity index (χ3n) is 7.41. The summed E-state index contributed by atoms with van der Waals surface area (Å²) in [4.78, 5) is 36.4. The van der Waals surface area contributed by atoms with Crippen LogP contribution >= 0.6 is 0 Å². The first-order valence-electron chi connectivity index (χ1n) is 12.4. The first-order valence-corrected chi connectivity index (χ1v) is 12.4. The predicted molar refractivity (Wildman–Crippen MR) is 136 cm³/mol. The van der Waals surface area contributed by atoms with Crippen molar-refractivity contribution in [3.05, 3.63) is 52.2 Å². The molecule has 1 aromatic carbocycles. The fourth-order valence-corrected chi connectivity index (χ4v) is 5.58. The number of fused-ring (bicyclic) bond motifs is 5. The summed E-state index contributed by atoms with van der Waals surface area (Å²) in [5.41, 5.74) is 2.68. The minimum atomic E-state index is -0.376. The maximum Gasteiger partial charge on any atom is 0.259 e. The second-order valence-electron chi connectivity index (χ2n) is 9.64. The predicted octanol–water partition coefficient (Wildman–Crippen LogP) is 1.74. The highest BCUT2D eigenvalue weighted by Crippen LogP contribution is 2.27. The molecule has 9 nitrogen and oxygen atoms in total. The Morgan fingerprint density at radius 2 is 1.89 bits per heavy atom. The summed E-state index contributed by atoms with van der Waals surface area (Å²) in [6.07, 6.45) is 2.71. The van der Waals surface area contributed by atoms with Crippen LogP contribution in [0.4, 0.5) is 5.82 Å². The Balaban J connectivity index is 1.51. The quantitative estimate of drug-likeness (QED) is 0.458. The molecule has 4 aromatic rings. The number of pyridine rings is 2. The zero-order chi connectivity index (χ0) is 24.1. The van der Waals surface area contributed by atoms with E-state index in [2.05, 4.69) is 10.2 Å². The molecule has 0 bridgehead atoms. The number of carbonyl (C=O) groups is 1. The minimum absolute atomic E-state index is 0.142. The van der Waals surface area contributed by atoms with E-state index >= 15 is 0 Å². The van der Waals surface area contributed by atoms with E-state index in [9.17, 15) is 14.7 Å². The standard InChI is InChI=1S/C26H30N6O3/c1-29-19-6-2-3-7-20(19)32-24-18(8-9-21(28-24)31-14-10-17(33)16-31)23(34)22(26(29)32)25(35)27-11-15-30-12-4-5-13-30/h2-3,6-9,17,33H,4-5,10-16H2,1H3,(H,27,35). The highest BCUT2D eigenvalue weighted by Gasteiger charge is 2.26. The molecule has 5 heterocycles. The number of anilines is 1.